The van der Waals surface area contributed by atoms with Crippen LogP contribution in [0, 0.1) is 0 Å². The predicted octanol–water partition coefficient (Wildman–Crippen LogP) is 5.29. The SMILES string of the molecule is O=C1Nc2ccccc2C12COc1ccc3c(c12)OCC(C(c1ccccc1)c1ccccc1)O3. The number of amides is 1. The number of carbonyl (C=O) groups is 1. The van der Waals surface area contributed by atoms with Crippen LogP contribution in [0.3, 0.4) is 0 Å². The van der Waals surface area contributed by atoms with Gasteiger partial charge in [-0.1, -0.05) is 78.9 Å². The third-order valence-corrected chi connectivity index (χ3v) is 7.34. The molecule has 1 spiro atoms. The van der Waals surface area contributed by atoms with Gasteiger partial charge in [-0.15, -0.1) is 0 Å². The summed E-state index contributed by atoms with van der Waals surface area (Å²) in [6.45, 7) is 0.600. The summed E-state index contributed by atoms with van der Waals surface area (Å²) in [5, 5.41) is 3.03. The van der Waals surface area contributed by atoms with E-state index in [1.54, 1.807) is 0 Å². The molecule has 7 rings (SSSR count). The standard InChI is InChI=1S/C30H23NO4/c32-29-30(21-13-7-8-14-22(21)31-29)18-34-23-15-16-24-28(27(23)30)33-17-25(35-24)26(19-9-3-1-4-10-19)20-11-5-2-6-12-20/h1-16,25-26H,17-18H2,(H,31,32). The largest absolute Gasteiger partial charge is 0.491 e. The Morgan fingerprint density at radius 3 is 2.17 bits per heavy atom. The van der Waals surface area contributed by atoms with Gasteiger partial charge in [0.2, 0.25) is 5.91 Å². The molecule has 5 nitrogen and oxygen atoms in total. The molecule has 4 aromatic rings. The van der Waals surface area contributed by atoms with E-state index in [0.717, 1.165) is 16.8 Å². The van der Waals surface area contributed by atoms with E-state index >= 15 is 0 Å². The van der Waals surface area contributed by atoms with Crippen LogP contribution in [0.4, 0.5) is 5.69 Å². The number of para-hydroxylation sites is 1. The first kappa shape index (κ1) is 20.2. The Balaban J connectivity index is 1.32. The van der Waals surface area contributed by atoms with E-state index in [1.807, 2.05) is 72.8 Å². The molecule has 3 aliphatic rings. The van der Waals surface area contributed by atoms with Gasteiger partial charge in [-0.25, -0.2) is 0 Å². The van der Waals surface area contributed by atoms with Crippen molar-refractivity contribution in [2.45, 2.75) is 17.4 Å². The maximum atomic E-state index is 13.4. The van der Waals surface area contributed by atoms with Crippen molar-refractivity contribution in [2.75, 3.05) is 18.5 Å². The quantitative estimate of drug-likeness (QED) is 0.451. The van der Waals surface area contributed by atoms with Crippen molar-refractivity contribution in [1.82, 2.24) is 0 Å². The van der Waals surface area contributed by atoms with Crippen LogP contribution < -0.4 is 19.5 Å². The highest BCUT2D eigenvalue weighted by molar-refractivity contribution is 6.10. The number of rotatable bonds is 3. The minimum atomic E-state index is -0.939. The number of hydrogen-bond acceptors (Lipinski definition) is 4. The maximum Gasteiger partial charge on any atom is 0.243 e. The molecule has 3 heterocycles. The summed E-state index contributed by atoms with van der Waals surface area (Å²) >= 11 is 0. The minimum absolute atomic E-state index is 0.000445. The van der Waals surface area contributed by atoms with Crippen LogP contribution in [0.15, 0.2) is 97.1 Å². The molecule has 2 unspecified atom stereocenters. The number of fused-ring (bicyclic) bond motifs is 6. The molecular formula is C30H23NO4. The first-order valence-corrected chi connectivity index (χ1v) is 11.9. The highest BCUT2D eigenvalue weighted by Gasteiger charge is 2.56. The molecule has 0 aliphatic carbocycles. The molecule has 4 aromatic carbocycles. The predicted molar refractivity (Wildman–Crippen MR) is 132 cm³/mol. The van der Waals surface area contributed by atoms with E-state index in [9.17, 15) is 4.79 Å². The van der Waals surface area contributed by atoms with Crippen LogP contribution in [0.5, 0.6) is 17.2 Å². The zero-order valence-corrected chi connectivity index (χ0v) is 18.9. The summed E-state index contributed by atoms with van der Waals surface area (Å²) in [6.07, 6.45) is -0.228. The van der Waals surface area contributed by atoms with E-state index in [4.69, 9.17) is 14.2 Å². The lowest BCUT2D eigenvalue weighted by molar-refractivity contribution is -0.119. The molecule has 0 bridgehead atoms. The molecular weight excluding hydrogens is 438 g/mol. The number of nitrogens with one attached hydrogen (secondary N) is 1. The summed E-state index contributed by atoms with van der Waals surface area (Å²) < 4.78 is 19.2. The van der Waals surface area contributed by atoms with Gasteiger partial charge in [-0.3, -0.25) is 4.79 Å². The van der Waals surface area contributed by atoms with Crippen LogP contribution in [0.25, 0.3) is 0 Å². The number of ether oxygens (including phenoxy) is 3. The minimum Gasteiger partial charge on any atom is -0.491 e. The lowest BCUT2D eigenvalue weighted by atomic mass is 9.76. The zero-order chi connectivity index (χ0) is 23.4. The second-order valence-electron chi connectivity index (χ2n) is 9.23. The molecule has 0 saturated carbocycles. The van der Waals surface area contributed by atoms with Crippen molar-refractivity contribution in [1.29, 1.82) is 0 Å². The Morgan fingerprint density at radius 1 is 0.771 bits per heavy atom. The molecule has 172 valence electrons. The molecule has 0 radical (unpaired) electrons. The van der Waals surface area contributed by atoms with Crippen molar-refractivity contribution in [3.63, 3.8) is 0 Å². The van der Waals surface area contributed by atoms with Crippen LogP contribution in [0.2, 0.25) is 0 Å². The molecule has 3 aliphatic heterocycles. The number of anilines is 1. The fourth-order valence-electron chi connectivity index (χ4n) is 5.74. The van der Waals surface area contributed by atoms with E-state index in [0.29, 0.717) is 23.9 Å². The third kappa shape index (κ3) is 2.91. The Kier molecular flexibility index (Phi) is 4.40. The van der Waals surface area contributed by atoms with Crippen LogP contribution >= 0.6 is 0 Å². The van der Waals surface area contributed by atoms with Crippen molar-refractivity contribution in [3.8, 4) is 17.2 Å². The smallest absolute Gasteiger partial charge is 0.243 e. The maximum absolute atomic E-state index is 13.4. The van der Waals surface area contributed by atoms with Gasteiger partial charge in [0.1, 0.15) is 30.5 Å². The van der Waals surface area contributed by atoms with Gasteiger partial charge in [0.25, 0.3) is 0 Å². The monoisotopic (exact) mass is 461 g/mol. The molecule has 2 atom stereocenters. The van der Waals surface area contributed by atoms with Crippen molar-refractivity contribution >= 4 is 11.6 Å². The number of hydrogen-bond donors (Lipinski definition) is 1. The van der Waals surface area contributed by atoms with Crippen molar-refractivity contribution < 1.29 is 19.0 Å². The molecule has 1 amide bonds. The normalized spacial score (nSPS) is 21.4. The molecule has 0 saturated heterocycles. The van der Waals surface area contributed by atoms with Crippen LogP contribution in [-0.2, 0) is 10.2 Å². The van der Waals surface area contributed by atoms with Gasteiger partial charge < -0.3 is 19.5 Å². The van der Waals surface area contributed by atoms with E-state index in [2.05, 4.69) is 29.6 Å². The topological polar surface area (TPSA) is 56.8 Å². The highest BCUT2D eigenvalue weighted by Crippen LogP contribution is 2.56. The van der Waals surface area contributed by atoms with Crippen molar-refractivity contribution in [3.05, 3.63) is 119 Å². The van der Waals surface area contributed by atoms with Gasteiger partial charge in [0.15, 0.2) is 11.5 Å². The summed E-state index contributed by atoms with van der Waals surface area (Å²) in [5.41, 5.74) is 3.88. The second kappa shape index (κ2) is 7.64. The summed E-state index contributed by atoms with van der Waals surface area (Å²) in [5.74, 6) is 1.81. The number of carbonyl (C=O) groups excluding carboxylic acids is 1. The number of benzene rings is 4. The third-order valence-electron chi connectivity index (χ3n) is 7.34. The Labute approximate surface area is 203 Å². The Hall–Kier alpha value is -4.25. The molecule has 1 N–H and O–H groups in total. The molecule has 35 heavy (non-hydrogen) atoms. The van der Waals surface area contributed by atoms with E-state index < -0.39 is 5.41 Å². The van der Waals surface area contributed by atoms with E-state index in [1.165, 1.54) is 11.1 Å². The summed E-state index contributed by atoms with van der Waals surface area (Å²) in [7, 11) is 0. The fourth-order valence-corrected chi connectivity index (χ4v) is 5.74. The first-order valence-electron chi connectivity index (χ1n) is 11.9. The average Bonchev–Trinajstić information content (AvgIpc) is 3.44. The summed E-state index contributed by atoms with van der Waals surface area (Å²) in [4.78, 5) is 13.4. The highest BCUT2D eigenvalue weighted by atomic mass is 16.6. The van der Waals surface area contributed by atoms with Gasteiger partial charge in [-0.05, 0) is 34.9 Å². The van der Waals surface area contributed by atoms with Gasteiger partial charge >= 0.3 is 0 Å². The second-order valence-corrected chi connectivity index (χ2v) is 9.23. The lowest BCUT2D eigenvalue weighted by Crippen LogP contribution is -2.39. The van der Waals surface area contributed by atoms with Crippen molar-refractivity contribution in [2.24, 2.45) is 0 Å². The molecule has 0 fully saturated rings. The lowest BCUT2D eigenvalue weighted by Gasteiger charge is -2.34. The Bertz CT molecular complexity index is 1400. The molecule has 5 heteroatoms. The molecule has 0 aromatic heterocycles. The van der Waals surface area contributed by atoms with Gasteiger partial charge in [-0.2, -0.15) is 0 Å². The van der Waals surface area contributed by atoms with Gasteiger partial charge in [0, 0.05) is 11.6 Å². The van der Waals surface area contributed by atoms with Crippen LogP contribution in [-0.4, -0.2) is 25.2 Å². The Morgan fingerprint density at radius 2 is 1.43 bits per heavy atom. The zero-order valence-electron chi connectivity index (χ0n) is 18.9. The fraction of sp³-hybridized carbons (Fsp3) is 0.167. The first-order chi connectivity index (χ1) is 17.3. The van der Waals surface area contributed by atoms with E-state index in [-0.39, 0.29) is 24.5 Å². The van der Waals surface area contributed by atoms with Crippen LogP contribution in [0.1, 0.15) is 28.2 Å². The van der Waals surface area contributed by atoms with Gasteiger partial charge in [0.05, 0.1) is 5.56 Å². The summed E-state index contributed by atoms with van der Waals surface area (Å²) in [6, 6.07) is 32.3. The average molecular weight is 462 g/mol.